The number of rotatable bonds is 6. The number of carbonyl (C=O) groups excluding carboxylic acids is 1. The highest BCUT2D eigenvalue weighted by Gasteiger charge is 2.22. The Morgan fingerprint density at radius 2 is 2.11 bits per heavy atom. The van der Waals surface area contributed by atoms with Gasteiger partial charge >= 0.3 is 0 Å². The third-order valence-corrected chi connectivity index (χ3v) is 4.57. The summed E-state index contributed by atoms with van der Waals surface area (Å²) in [4.78, 5) is 18.9. The number of pyridine rings is 1. The number of anilines is 1. The van der Waals surface area contributed by atoms with Crippen LogP contribution in [0, 0.1) is 11.7 Å². The van der Waals surface area contributed by atoms with Crippen molar-refractivity contribution in [3.63, 3.8) is 0 Å². The normalized spacial score (nSPS) is 17.0. The zero-order chi connectivity index (χ0) is 19.2. The summed E-state index contributed by atoms with van der Waals surface area (Å²) in [6, 6.07) is 9.78. The van der Waals surface area contributed by atoms with Gasteiger partial charge in [-0.15, -0.1) is 0 Å². The molecule has 1 aliphatic heterocycles. The lowest BCUT2D eigenvalue weighted by molar-refractivity contribution is 0.0943. The number of carbonyl (C=O) groups is 1. The number of nitrogens with one attached hydrogen (secondary N) is 1. The van der Waals surface area contributed by atoms with Crippen LogP contribution in [0.2, 0.25) is 0 Å². The Morgan fingerprint density at radius 1 is 1.33 bits per heavy atom. The predicted molar refractivity (Wildman–Crippen MR) is 104 cm³/mol. The van der Waals surface area contributed by atoms with Crippen LogP contribution >= 0.6 is 0 Å². The highest BCUT2D eigenvalue weighted by atomic mass is 19.1. The van der Waals surface area contributed by atoms with E-state index in [4.69, 9.17) is 4.74 Å². The molecule has 0 radical (unpaired) electrons. The van der Waals surface area contributed by atoms with Gasteiger partial charge in [0.2, 0.25) is 0 Å². The molecule has 1 aliphatic rings. The first kappa shape index (κ1) is 19.1. The molecule has 1 aromatic heterocycles. The Morgan fingerprint density at radius 3 is 2.85 bits per heavy atom. The summed E-state index contributed by atoms with van der Waals surface area (Å²) in [5, 5.41) is 2.91. The van der Waals surface area contributed by atoms with Gasteiger partial charge < -0.3 is 15.0 Å². The molecule has 2 aromatic rings. The number of hydrogen-bond donors (Lipinski definition) is 1. The average molecular weight is 371 g/mol. The molecule has 2 heterocycles. The third kappa shape index (κ3) is 5.42. The summed E-state index contributed by atoms with van der Waals surface area (Å²) in [5.74, 6) is 1.51. The van der Waals surface area contributed by atoms with E-state index in [1.807, 2.05) is 19.9 Å². The van der Waals surface area contributed by atoms with E-state index in [0.717, 1.165) is 31.7 Å². The molecule has 1 N–H and O–H groups in total. The van der Waals surface area contributed by atoms with E-state index in [0.29, 0.717) is 23.8 Å². The monoisotopic (exact) mass is 371 g/mol. The minimum Gasteiger partial charge on any atom is -0.493 e. The van der Waals surface area contributed by atoms with Crippen molar-refractivity contribution < 1.29 is 13.9 Å². The molecular formula is C21H26FN3O2. The number of hydrogen-bond acceptors (Lipinski definition) is 4. The van der Waals surface area contributed by atoms with Crippen LogP contribution in [0.5, 0.6) is 5.75 Å². The summed E-state index contributed by atoms with van der Waals surface area (Å²) < 4.78 is 18.8. The van der Waals surface area contributed by atoms with E-state index >= 15 is 0 Å². The quantitative estimate of drug-likeness (QED) is 0.842. The Kier molecular flexibility index (Phi) is 6.27. The maximum Gasteiger partial charge on any atom is 0.251 e. The Hall–Kier alpha value is -2.63. The number of ether oxygens (including phenoxy) is 1. The van der Waals surface area contributed by atoms with Gasteiger partial charge in [-0.25, -0.2) is 9.37 Å². The maximum atomic E-state index is 13.0. The second kappa shape index (κ2) is 8.84. The predicted octanol–water partition coefficient (Wildman–Crippen LogP) is 3.65. The molecule has 27 heavy (non-hydrogen) atoms. The van der Waals surface area contributed by atoms with Crippen molar-refractivity contribution in [3.05, 3.63) is 54.0 Å². The molecule has 1 amide bonds. The van der Waals surface area contributed by atoms with Gasteiger partial charge in [-0.1, -0.05) is 0 Å². The van der Waals surface area contributed by atoms with Crippen LogP contribution in [0.3, 0.4) is 0 Å². The van der Waals surface area contributed by atoms with Crippen molar-refractivity contribution in [2.45, 2.75) is 32.7 Å². The minimum absolute atomic E-state index is 0.0816. The van der Waals surface area contributed by atoms with Gasteiger partial charge in [0.1, 0.15) is 17.4 Å². The molecule has 0 bridgehead atoms. The molecule has 5 nitrogen and oxygen atoms in total. The van der Waals surface area contributed by atoms with E-state index in [2.05, 4.69) is 15.2 Å². The van der Waals surface area contributed by atoms with Gasteiger partial charge in [0.15, 0.2) is 0 Å². The van der Waals surface area contributed by atoms with E-state index < -0.39 is 0 Å². The fourth-order valence-corrected chi connectivity index (χ4v) is 3.23. The van der Waals surface area contributed by atoms with E-state index in [1.54, 1.807) is 24.4 Å². The molecular weight excluding hydrogens is 345 g/mol. The van der Waals surface area contributed by atoms with Gasteiger partial charge in [0.05, 0.1) is 6.61 Å². The van der Waals surface area contributed by atoms with Gasteiger partial charge in [-0.2, -0.15) is 0 Å². The summed E-state index contributed by atoms with van der Waals surface area (Å²) in [5.41, 5.74) is 0.624. The Labute approximate surface area is 159 Å². The van der Waals surface area contributed by atoms with Crippen molar-refractivity contribution in [2.24, 2.45) is 5.92 Å². The molecule has 0 saturated carbocycles. The van der Waals surface area contributed by atoms with E-state index in [9.17, 15) is 9.18 Å². The van der Waals surface area contributed by atoms with Crippen LogP contribution < -0.4 is 15.0 Å². The zero-order valence-electron chi connectivity index (χ0n) is 15.8. The summed E-state index contributed by atoms with van der Waals surface area (Å²) in [7, 11) is 0. The first-order valence-electron chi connectivity index (χ1n) is 9.41. The minimum atomic E-state index is -0.265. The SMILES string of the molecule is CC(C)NC(=O)c1ccnc(N2CCC[C@H](COc3ccc(F)cc3)C2)c1. The van der Waals surface area contributed by atoms with Gasteiger partial charge in [-0.05, 0) is 63.1 Å². The second-order valence-electron chi connectivity index (χ2n) is 7.25. The van der Waals surface area contributed by atoms with Crippen LogP contribution in [0.4, 0.5) is 10.2 Å². The van der Waals surface area contributed by atoms with Crippen molar-refractivity contribution in [1.82, 2.24) is 10.3 Å². The van der Waals surface area contributed by atoms with Crippen molar-refractivity contribution in [2.75, 3.05) is 24.6 Å². The molecule has 0 unspecified atom stereocenters. The topological polar surface area (TPSA) is 54.5 Å². The molecule has 144 valence electrons. The van der Waals surface area contributed by atoms with Gasteiger partial charge in [-0.3, -0.25) is 4.79 Å². The third-order valence-electron chi connectivity index (χ3n) is 4.57. The van der Waals surface area contributed by atoms with Crippen LogP contribution in [0.1, 0.15) is 37.0 Å². The Balaban J connectivity index is 1.60. The molecule has 6 heteroatoms. The lowest BCUT2D eigenvalue weighted by Gasteiger charge is -2.33. The first-order valence-corrected chi connectivity index (χ1v) is 9.41. The van der Waals surface area contributed by atoms with Gasteiger partial charge in [0, 0.05) is 36.8 Å². The van der Waals surface area contributed by atoms with E-state index in [-0.39, 0.29) is 17.8 Å². The highest BCUT2D eigenvalue weighted by Crippen LogP contribution is 2.23. The van der Waals surface area contributed by atoms with Crippen LogP contribution in [-0.2, 0) is 0 Å². The number of aromatic nitrogens is 1. The lowest BCUT2D eigenvalue weighted by Crippen LogP contribution is -2.38. The molecule has 0 aliphatic carbocycles. The number of piperidine rings is 1. The largest absolute Gasteiger partial charge is 0.493 e. The standard InChI is InChI=1S/C21H26FN3O2/c1-15(2)24-21(26)17-9-10-23-20(12-17)25-11-3-4-16(13-25)14-27-19-7-5-18(22)6-8-19/h5-10,12,15-16H,3-4,11,13-14H2,1-2H3,(H,24,26)/t16-/m0/s1. The average Bonchev–Trinajstić information content (AvgIpc) is 2.67. The fourth-order valence-electron chi connectivity index (χ4n) is 3.23. The number of nitrogens with zero attached hydrogens (tertiary/aromatic N) is 2. The number of benzene rings is 1. The molecule has 1 saturated heterocycles. The fraction of sp³-hybridized carbons (Fsp3) is 0.429. The van der Waals surface area contributed by atoms with E-state index in [1.165, 1.54) is 12.1 Å². The Bertz CT molecular complexity index is 764. The molecule has 0 spiro atoms. The molecule has 3 rings (SSSR count). The molecule has 1 fully saturated rings. The molecule has 1 atom stereocenters. The van der Waals surface area contributed by atoms with Crippen LogP contribution in [0.15, 0.2) is 42.6 Å². The summed E-state index contributed by atoms with van der Waals surface area (Å²) >= 11 is 0. The first-order chi connectivity index (χ1) is 13.0. The second-order valence-corrected chi connectivity index (χ2v) is 7.25. The van der Waals surface area contributed by atoms with Crippen molar-refractivity contribution in [1.29, 1.82) is 0 Å². The highest BCUT2D eigenvalue weighted by molar-refractivity contribution is 5.94. The smallest absolute Gasteiger partial charge is 0.251 e. The lowest BCUT2D eigenvalue weighted by atomic mass is 9.99. The maximum absolute atomic E-state index is 13.0. The zero-order valence-corrected chi connectivity index (χ0v) is 15.8. The molecule has 1 aromatic carbocycles. The van der Waals surface area contributed by atoms with Crippen molar-refractivity contribution in [3.8, 4) is 5.75 Å². The van der Waals surface area contributed by atoms with Crippen LogP contribution in [0.25, 0.3) is 0 Å². The number of amides is 1. The number of halogens is 1. The van der Waals surface area contributed by atoms with Crippen molar-refractivity contribution >= 4 is 11.7 Å². The van der Waals surface area contributed by atoms with Crippen LogP contribution in [-0.4, -0.2) is 36.6 Å². The summed E-state index contributed by atoms with van der Waals surface area (Å²) in [6.07, 6.45) is 3.80. The van der Waals surface area contributed by atoms with Gasteiger partial charge in [0.25, 0.3) is 5.91 Å². The summed E-state index contributed by atoms with van der Waals surface area (Å²) in [6.45, 7) is 6.20.